The number of nitrogens with two attached hydrogens (primary N) is 1. The molecule has 0 aliphatic heterocycles. The molecule has 0 heterocycles. The molecule has 0 aliphatic rings. The van der Waals surface area contributed by atoms with Crippen molar-refractivity contribution in [2.24, 2.45) is 0 Å². The van der Waals surface area contributed by atoms with E-state index in [9.17, 15) is 4.79 Å². The van der Waals surface area contributed by atoms with Crippen molar-refractivity contribution in [3.05, 3.63) is 54.1 Å². The highest BCUT2D eigenvalue weighted by Crippen LogP contribution is 2.26. The van der Waals surface area contributed by atoms with Crippen molar-refractivity contribution in [1.82, 2.24) is 0 Å². The van der Waals surface area contributed by atoms with Crippen LogP contribution in [0.2, 0.25) is 0 Å². The Kier molecular flexibility index (Phi) is 4.60. The van der Waals surface area contributed by atoms with Crippen molar-refractivity contribution in [3.63, 3.8) is 0 Å². The number of nitrogen functional groups attached to an aromatic ring is 1. The number of carbonyl (C=O) groups excluding carboxylic acids is 1. The Balaban J connectivity index is 1.96. The van der Waals surface area contributed by atoms with Gasteiger partial charge in [-0.25, -0.2) is 0 Å². The second kappa shape index (κ2) is 6.61. The predicted molar refractivity (Wildman–Crippen MR) is 80.8 cm³/mol. The molecule has 0 aromatic heterocycles. The van der Waals surface area contributed by atoms with Gasteiger partial charge in [0.2, 0.25) is 5.91 Å². The van der Waals surface area contributed by atoms with Gasteiger partial charge >= 0.3 is 0 Å². The minimum absolute atomic E-state index is 0.0576. The minimum Gasteiger partial charge on any atom is -0.495 e. The van der Waals surface area contributed by atoms with Gasteiger partial charge in [-0.1, -0.05) is 30.3 Å². The summed E-state index contributed by atoms with van der Waals surface area (Å²) in [7, 11) is 1.56. The highest BCUT2D eigenvalue weighted by Gasteiger charge is 2.08. The smallest absolute Gasteiger partial charge is 0.224 e. The Bertz CT molecular complexity index is 582. The number of ether oxygens (including phenoxy) is 1. The Morgan fingerprint density at radius 3 is 2.65 bits per heavy atom. The zero-order chi connectivity index (χ0) is 14.4. The molecule has 1 amide bonds. The number of anilines is 2. The zero-order valence-electron chi connectivity index (χ0n) is 11.4. The number of amides is 1. The van der Waals surface area contributed by atoms with Crippen molar-refractivity contribution in [2.45, 2.75) is 12.8 Å². The first-order chi connectivity index (χ1) is 9.69. The zero-order valence-corrected chi connectivity index (χ0v) is 11.4. The van der Waals surface area contributed by atoms with Gasteiger partial charge in [-0.05, 0) is 30.2 Å². The van der Waals surface area contributed by atoms with E-state index in [0.717, 1.165) is 5.56 Å². The summed E-state index contributed by atoms with van der Waals surface area (Å²) < 4.78 is 5.19. The van der Waals surface area contributed by atoms with Crippen LogP contribution in [0.5, 0.6) is 5.75 Å². The summed E-state index contributed by atoms with van der Waals surface area (Å²) >= 11 is 0. The topological polar surface area (TPSA) is 64.3 Å². The molecule has 104 valence electrons. The average molecular weight is 270 g/mol. The Labute approximate surface area is 118 Å². The van der Waals surface area contributed by atoms with E-state index >= 15 is 0 Å². The lowest BCUT2D eigenvalue weighted by molar-refractivity contribution is -0.116. The maximum atomic E-state index is 12.0. The van der Waals surface area contributed by atoms with Crippen LogP contribution in [0, 0.1) is 0 Å². The summed E-state index contributed by atoms with van der Waals surface area (Å²) in [4.78, 5) is 12.0. The average Bonchev–Trinajstić information content (AvgIpc) is 2.46. The van der Waals surface area contributed by atoms with E-state index in [0.29, 0.717) is 30.0 Å². The van der Waals surface area contributed by atoms with Gasteiger partial charge in [-0.15, -0.1) is 0 Å². The van der Waals surface area contributed by atoms with Crippen LogP contribution in [0.15, 0.2) is 48.5 Å². The monoisotopic (exact) mass is 270 g/mol. The van der Waals surface area contributed by atoms with Crippen molar-refractivity contribution < 1.29 is 9.53 Å². The molecule has 0 spiro atoms. The van der Waals surface area contributed by atoms with Gasteiger partial charge in [0.1, 0.15) is 5.75 Å². The number of nitrogens with one attached hydrogen (secondary N) is 1. The highest BCUT2D eigenvalue weighted by molar-refractivity contribution is 5.93. The number of hydrogen-bond acceptors (Lipinski definition) is 3. The van der Waals surface area contributed by atoms with E-state index < -0.39 is 0 Å². The fourth-order valence-electron chi connectivity index (χ4n) is 1.94. The van der Waals surface area contributed by atoms with Crippen molar-refractivity contribution in [1.29, 1.82) is 0 Å². The first kappa shape index (κ1) is 13.9. The molecule has 0 bridgehead atoms. The number of hydrogen-bond donors (Lipinski definition) is 2. The van der Waals surface area contributed by atoms with Crippen LogP contribution in [0.1, 0.15) is 12.0 Å². The molecule has 2 aromatic rings. The highest BCUT2D eigenvalue weighted by atomic mass is 16.5. The van der Waals surface area contributed by atoms with Gasteiger partial charge in [0.15, 0.2) is 0 Å². The van der Waals surface area contributed by atoms with Gasteiger partial charge in [0.25, 0.3) is 0 Å². The van der Waals surface area contributed by atoms with Crippen LogP contribution in [-0.4, -0.2) is 13.0 Å². The second-order valence-corrected chi connectivity index (χ2v) is 4.49. The van der Waals surface area contributed by atoms with E-state index in [2.05, 4.69) is 5.32 Å². The summed E-state index contributed by atoms with van der Waals surface area (Å²) in [6.45, 7) is 0. The first-order valence-corrected chi connectivity index (χ1v) is 6.46. The summed E-state index contributed by atoms with van der Waals surface area (Å²) in [5, 5.41) is 2.83. The number of benzene rings is 2. The standard InChI is InChI=1S/C16H18N2O2/c1-20-15-9-8-13(17)11-14(15)18-16(19)10-7-12-5-3-2-4-6-12/h2-6,8-9,11H,7,10,17H2,1H3,(H,18,19). The molecule has 20 heavy (non-hydrogen) atoms. The van der Waals surface area contributed by atoms with Gasteiger partial charge in [0.05, 0.1) is 12.8 Å². The number of methoxy groups -OCH3 is 1. The largest absolute Gasteiger partial charge is 0.495 e. The number of carbonyl (C=O) groups is 1. The number of aryl methyl sites for hydroxylation is 1. The molecule has 0 unspecified atom stereocenters. The predicted octanol–water partition coefficient (Wildman–Crippen LogP) is 2.85. The molecule has 3 N–H and O–H groups in total. The summed E-state index contributed by atoms with van der Waals surface area (Å²) in [5.74, 6) is 0.546. The lowest BCUT2D eigenvalue weighted by atomic mass is 10.1. The maximum absolute atomic E-state index is 12.0. The fourth-order valence-corrected chi connectivity index (χ4v) is 1.94. The SMILES string of the molecule is COc1ccc(N)cc1NC(=O)CCc1ccccc1. The molecular formula is C16H18N2O2. The van der Waals surface area contributed by atoms with Crippen LogP contribution < -0.4 is 15.8 Å². The summed E-state index contributed by atoms with van der Waals surface area (Å²) in [6, 6.07) is 15.1. The Morgan fingerprint density at radius 1 is 1.20 bits per heavy atom. The van der Waals surface area contributed by atoms with Crippen LogP contribution in [0.3, 0.4) is 0 Å². The normalized spacial score (nSPS) is 10.1. The lowest BCUT2D eigenvalue weighted by Gasteiger charge is -2.10. The van der Waals surface area contributed by atoms with Crippen LogP contribution in [0.25, 0.3) is 0 Å². The van der Waals surface area contributed by atoms with Crippen LogP contribution in [0.4, 0.5) is 11.4 Å². The third-order valence-corrected chi connectivity index (χ3v) is 2.98. The van der Waals surface area contributed by atoms with E-state index in [-0.39, 0.29) is 5.91 Å². The van der Waals surface area contributed by atoms with E-state index in [1.54, 1.807) is 25.3 Å². The third kappa shape index (κ3) is 3.75. The fraction of sp³-hybridized carbons (Fsp3) is 0.188. The second-order valence-electron chi connectivity index (χ2n) is 4.49. The molecule has 0 radical (unpaired) electrons. The molecule has 0 fully saturated rings. The minimum atomic E-state index is -0.0576. The first-order valence-electron chi connectivity index (χ1n) is 6.46. The maximum Gasteiger partial charge on any atom is 0.224 e. The van der Waals surface area contributed by atoms with Gasteiger partial charge in [-0.2, -0.15) is 0 Å². The molecule has 0 aliphatic carbocycles. The van der Waals surface area contributed by atoms with Crippen molar-refractivity contribution in [3.8, 4) is 5.75 Å². The van der Waals surface area contributed by atoms with E-state index in [1.807, 2.05) is 30.3 Å². The summed E-state index contributed by atoms with van der Waals surface area (Å²) in [6.07, 6.45) is 1.12. The molecular weight excluding hydrogens is 252 g/mol. The molecule has 0 saturated carbocycles. The Morgan fingerprint density at radius 2 is 1.95 bits per heavy atom. The van der Waals surface area contributed by atoms with Crippen LogP contribution >= 0.6 is 0 Å². The van der Waals surface area contributed by atoms with Crippen molar-refractivity contribution >= 4 is 17.3 Å². The number of rotatable bonds is 5. The van der Waals surface area contributed by atoms with E-state index in [4.69, 9.17) is 10.5 Å². The van der Waals surface area contributed by atoms with Gasteiger partial charge in [0, 0.05) is 12.1 Å². The summed E-state index contributed by atoms with van der Waals surface area (Å²) in [5.41, 5.74) is 8.05. The lowest BCUT2D eigenvalue weighted by Crippen LogP contribution is -2.13. The van der Waals surface area contributed by atoms with Gasteiger partial charge in [-0.3, -0.25) is 4.79 Å². The van der Waals surface area contributed by atoms with Gasteiger partial charge < -0.3 is 15.8 Å². The molecule has 2 rings (SSSR count). The quantitative estimate of drug-likeness (QED) is 0.821. The van der Waals surface area contributed by atoms with Crippen molar-refractivity contribution in [2.75, 3.05) is 18.2 Å². The Hall–Kier alpha value is -2.49. The molecule has 2 aromatic carbocycles. The van der Waals surface area contributed by atoms with E-state index in [1.165, 1.54) is 0 Å². The van der Waals surface area contributed by atoms with Crippen LogP contribution in [-0.2, 0) is 11.2 Å². The molecule has 4 heteroatoms. The third-order valence-electron chi connectivity index (χ3n) is 2.98. The molecule has 4 nitrogen and oxygen atoms in total. The molecule has 0 atom stereocenters. The molecule has 0 saturated heterocycles.